The van der Waals surface area contributed by atoms with Crippen LogP contribution in [0.15, 0.2) is 0 Å². The van der Waals surface area contributed by atoms with Gasteiger partial charge in [-0.25, -0.2) is 0 Å². The third-order valence-corrected chi connectivity index (χ3v) is 2.86. The van der Waals surface area contributed by atoms with Crippen LogP contribution >= 0.6 is 0 Å². The zero-order valence-corrected chi connectivity index (χ0v) is 12.5. The molecule has 0 amide bonds. The van der Waals surface area contributed by atoms with Gasteiger partial charge in [-0.15, -0.1) is 0 Å². The summed E-state index contributed by atoms with van der Waals surface area (Å²) in [5.74, 6) is -3.20. The summed E-state index contributed by atoms with van der Waals surface area (Å²) in [6.07, 6.45) is 0. The van der Waals surface area contributed by atoms with Gasteiger partial charge in [-0.2, -0.15) is 0 Å². The van der Waals surface area contributed by atoms with Crippen molar-refractivity contribution < 1.29 is 73.9 Å². The minimum Gasteiger partial charge on any atom is -0.466 e. The molecule has 0 heterocycles. The topological polar surface area (TPSA) is 26.3 Å². The minimum atomic E-state index is -4.94. The number of halogens is 3. The zero-order valence-electron chi connectivity index (χ0n) is 9.39. The first-order chi connectivity index (χ1) is 6.23. The van der Waals surface area contributed by atoms with Crippen molar-refractivity contribution in [2.75, 3.05) is 6.61 Å². The van der Waals surface area contributed by atoms with Crippen molar-refractivity contribution in [1.29, 1.82) is 0 Å². The molecule has 2 atom stereocenters. The van der Waals surface area contributed by atoms with E-state index in [0.717, 1.165) is 0 Å². The first-order valence-corrected chi connectivity index (χ1v) is 4.59. The van der Waals surface area contributed by atoms with Gasteiger partial charge in [-0.1, -0.05) is 19.7 Å². The molecule has 0 aromatic heterocycles. The number of carbonyl (C=O) groups is 1. The molecule has 7 heteroatoms. The molecule has 15 heavy (non-hydrogen) atoms. The Labute approximate surface area is 130 Å². The molecule has 0 spiro atoms. The second kappa shape index (κ2) is 5.08. The van der Waals surface area contributed by atoms with E-state index < -0.39 is 30.1 Å². The van der Waals surface area contributed by atoms with E-state index in [2.05, 4.69) is 4.74 Å². The first kappa shape index (κ1) is 16.0. The summed E-state index contributed by atoms with van der Waals surface area (Å²) >= 11 is 0. The predicted octanol–water partition coefficient (Wildman–Crippen LogP) is -0.573. The van der Waals surface area contributed by atoms with Gasteiger partial charge < -0.3 is 17.7 Å². The molecular formula is C8H13BF3KO2. The molecule has 1 saturated carbocycles. The molecule has 1 aliphatic rings. The minimum absolute atomic E-state index is 0. The van der Waals surface area contributed by atoms with Crippen LogP contribution in [0, 0.1) is 11.3 Å². The summed E-state index contributed by atoms with van der Waals surface area (Å²) in [5.41, 5.74) is -0.982. The van der Waals surface area contributed by atoms with Crippen molar-refractivity contribution in [3.05, 3.63) is 0 Å². The van der Waals surface area contributed by atoms with Crippen molar-refractivity contribution in [3.8, 4) is 0 Å². The Balaban J connectivity index is 0.00000196. The Kier molecular flexibility index (Phi) is 5.40. The van der Waals surface area contributed by atoms with Gasteiger partial charge in [-0.05, 0) is 12.3 Å². The molecule has 0 N–H and O–H groups in total. The smallest absolute Gasteiger partial charge is 0.466 e. The van der Waals surface area contributed by atoms with Gasteiger partial charge in [0.15, 0.2) is 0 Å². The maximum atomic E-state index is 12.4. The largest absolute Gasteiger partial charge is 1.00 e. The van der Waals surface area contributed by atoms with Crippen molar-refractivity contribution in [2.45, 2.75) is 26.6 Å². The van der Waals surface area contributed by atoms with Crippen LogP contribution in [0.2, 0.25) is 5.82 Å². The molecule has 1 rings (SSSR count). The van der Waals surface area contributed by atoms with E-state index in [4.69, 9.17) is 0 Å². The normalized spacial score (nSPS) is 27.9. The molecule has 0 aromatic carbocycles. The molecule has 1 aliphatic carbocycles. The quantitative estimate of drug-likeness (QED) is 0.493. The van der Waals surface area contributed by atoms with Gasteiger partial charge in [0, 0.05) is 5.92 Å². The number of carbonyl (C=O) groups excluding carboxylic acids is 1. The average Bonchev–Trinajstić information content (AvgIpc) is 2.53. The molecule has 82 valence electrons. The maximum Gasteiger partial charge on any atom is 1.00 e. The van der Waals surface area contributed by atoms with Gasteiger partial charge in [0.2, 0.25) is 0 Å². The summed E-state index contributed by atoms with van der Waals surface area (Å²) in [4.78, 5) is 11.2. The molecular weight excluding hydrogens is 235 g/mol. The molecule has 0 bridgehead atoms. The number of rotatable bonds is 3. The fourth-order valence-corrected chi connectivity index (χ4v) is 2.07. The van der Waals surface area contributed by atoms with E-state index in [1.54, 1.807) is 6.92 Å². The van der Waals surface area contributed by atoms with Crippen LogP contribution in [0.1, 0.15) is 20.8 Å². The third-order valence-electron chi connectivity index (χ3n) is 2.86. The second-order valence-electron chi connectivity index (χ2n) is 4.20. The first-order valence-electron chi connectivity index (χ1n) is 4.59. The number of ether oxygens (including phenoxy) is 1. The summed E-state index contributed by atoms with van der Waals surface area (Å²) < 4.78 is 41.9. The van der Waals surface area contributed by atoms with Crippen molar-refractivity contribution in [3.63, 3.8) is 0 Å². The van der Waals surface area contributed by atoms with Crippen LogP contribution in [0.25, 0.3) is 0 Å². The van der Waals surface area contributed by atoms with E-state index in [0.29, 0.717) is 0 Å². The van der Waals surface area contributed by atoms with Crippen LogP contribution in [-0.2, 0) is 9.53 Å². The van der Waals surface area contributed by atoms with Crippen LogP contribution in [0.5, 0.6) is 0 Å². The number of hydrogen-bond acceptors (Lipinski definition) is 2. The fourth-order valence-electron chi connectivity index (χ4n) is 2.07. The molecule has 0 unspecified atom stereocenters. The summed E-state index contributed by atoms with van der Waals surface area (Å²) in [5, 5.41) is 0. The Hall–Kier alpha value is 0.961. The monoisotopic (exact) mass is 248 g/mol. The Morgan fingerprint density at radius 2 is 1.87 bits per heavy atom. The van der Waals surface area contributed by atoms with E-state index in [1.807, 2.05) is 0 Å². The second-order valence-corrected chi connectivity index (χ2v) is 4.20. The molecule has 2 nitrogen and oxygen atoms in total. The molecule has 0 radical (unpaired) electrons. The SMILES string of the molecule is CCOC(=O)[C@@H]1[C@@H]([B-](F)(F)F)C1(C)C.[K+]. The fraction of sp³-hybridized carbons (Fsp3) is 0.875. The standard InChI is InChI=1S/C8H13BF3O2.K/c1-4-14-7(13)5-6(8(5,2)3)9(10,11)12;/h5-6H,4H2,1-3H3;/q-1;+1/t5-,6+;/m0./s1. The van der Waals surface area contributed by atoms with Crippen molar-refractivity contribution in [2.24, 2.45) is 11.3 Å². The van der Waals surface area contributed by atoms with Crippen molar-refractivity contribution >= 4 is 12.9 Å². The summed E-state index contributed by atoms with van der Waals surface area (Å²) in [7, 11) is 0. The van der Waals surface area contributed by atoms with Gasteiger partial charge in [-0.3, -0.25) is 4.79 Å². The Bertz CT molecular complexity index is 255. The van der Waals surface area contributed by atoms with Crippen molar-refractivity contribution in [1.82, 2.24) is 0 Å². The summed E-state index contributed by atoms with van der Waals surface area (Å²) in [6, 6.07) is 0. The summed E-state index contributed by atoms with van der Waals surface area (Å²) in [6.45, 7) is -0.321. The van der Waals surface area contributed by atoms with Gasteiger partial charge in [0.1, 0.15) is 0 Å². The molecule has 0 aromatic rings. The van der Waals surface area contributed by atoms with E-state index in [1.165, 1.54) is 13.8 Å². The van der Waals surface area contributed by atoms with Crippen LogP contribution < -0.4 is 51.4 Å². The average molecular weight is 248 g/mol. The Morgan fingerprint density at radius 3 is 2.13 bits per heavy atom. The van der Waals surface area contributed by atoms with Crippen LogP contribution in [0.4, 0.5) is 12.9 Å². The number of esters is 1. The van der Waals surface area contributed by atoms with E-state index in [-0.39, 0.29) is 58.0 Å². The van der Waals surface area contributed by atoms with Gasteiger partial charge in [0.25, 0.3) is 0 Å². The van der Waals surface area contributed by atoms with E-state index >= 15 is 0 Å². The van der Waals surface area contributed by atoms with Crippen LogP contribution in [-0.4, -0.2) is 19.6 Å². The third kappa shape index (κ3) is 3.21. The number of hydrogen-bond donors (Lipinski definition) is 0. The molecule has 0 saturated heterocycles. The molecule has 1 fully saturated rings. The zero-order chi connectivity index (χ0) is 11.1. The van der Waals surface area contributed by atoms with Gasteiger partial charge in [0.05, 0.1) is 6.61 Å². The molecule has 0 aliphatic heterocycles. The predicted molar refractivity (Wildman–Crippen MR) is 46.7 cm³/mol. The van der Waals surface area contributed by atoms with Crippen LogP contribution in [0.3, 0.4) is 0 Å². The Morgan fingerprint density at radius 1 is 1.40 bits per heavy atom. The van der Waals surface area contributed by atoms with E-state index in [9.17, 15) is 17.7 Å². The van der Waals surface area contributed by atoms with Gasteiger partial charge >= 0.3 is 64.3 Å². The maximum absolute atomic E-state index is 12.4.